The summed E-state index contributed by atoms with van der Waals surface area (Å²) in [5.41, 5.74) is 4.44. The van der Waals surface area contributed by atoms with Crippen molar-refractivity contribution in [2.75, 3.05) is 12.4 Å². The summed E-state index contributed by atoms with van der Waals surface area (Å²) in [5, 5.41) is 2.86. The molecule has 4 heteroatoms. The van der Waals surface area contributed by atoms with E-state index in [4.69, 9.17) is 4.74 Å². The summed E-state index contributed by atoms with van der Waals surface area (Å²) < 4.78 is 5.22. The highest BCUT2D eigenvalue weighted by Crippen LogP contribution is 2.35. The van der Waals surface area contributed by atoms with Gasteiger partial charge < -0.3 is 15.0 Å². The van der Waals surface area contributed by atoms with E-state index in [0.717, 1.165) is 34.8 Å². The number of fused-ring (bicyclic) bond motifs is 1. The maximum Gasteiger partial charge on any atom is 0.256 e. The first-order valence-electron chi connectivity index (χ1n) is 6.60. The van der Waals surface area contributed by atoms with Gasteiger partial charge in [0.15, 0.2) is 0 Å². The Morgan fingerprint density at radius 1 is 1.25 bits per heavy atom. The molecule has 3 rings (SSSR count). The Balaban J connectivity index is 2.04. The van der Waals surface area contributed by atoms with Crippen LogP contribution in [0, 0.1) is 0 Å². The third-order valence-electron chi connectivity index (χ3n) is 3.46. The van der Waals surface area contributed by atoms with Crippen LogP contribution in [0.3, 0.4) is 0 Å². The molecule has 2 N–H and O–H groups in total. The molecule has 1 aliphatic heterocycles. The van der Waals surface area contributed by atoms with E-state index < -0.39 is 0 Å². The van der Waals surface area contributed by atoms with Gasteiger partial charge >= 0.3 is 0 Å². The molecule has 0 radical (unpaired) electrons. The van der Waals surface area contributed by atoms with Crippen LogP contribution in [0.25, 0.3) is 11.6 Å². The molecule has 2 aromatic rings. The average Bonchev–Trinajstić information content (AvgIpc) is 3.04. The number of aromatic nitrogens is 1. The van der Waals surface area contributed by atoms with Gasteiger partial charge in [0.25, 0.3) is 5.91 Å². The van der Waals surface area contributed by atoms with Gasteiger partial charge in [0.05, 0.1) is 12.7 Å². The van der Waals surface area contributed by atoms with Crippen LogP contribution in [-0.4, -0.2) is 18.0 Å². The predicted octanol–water partition coefficient (Wildman–Crippen LogP) is 3.08. The summed E-state index contributed by atoms with van der Waals surface area (Å²) in [4.78, 5) is 15.4. The second-order valence-corrected chi connectivity index (χ2v) is 4.72. The molecule has 1 aliphatic rings. The van der Waals surface area contributed by atoms with Crippen molar-refractivity contribution in [3.05, 3.63) is 47.3 Å². The normalized spacial score (nSPS) is 15.3. The minimum atomic E-state index is -0.0825. The lowest BCUT2D eigenvalue weighted by molar-refractivity contribution is -0.110. The van der Waals surface area contributed by atoms with E-state index in [-0.39, 0.29) is 5.91 Å². The van der Waals surface area contributed by atoms with Crippen LogP contribution in [-0.2, 0) is 11.2 Å². The molecule has 1 aromatic carbocycles. The molecule has 0 bridgehead atoms. The number of ether oxygens (including phenoxy) is 1. The zero-order chi connectivity index (χ0) is 14.1. The second-order valence-electron chi connectivity index (χ2n) is 4.72. The Kier molecular flexibility index (Phi) is 3.06. The van der Waals surface area contributed by atoms with Crippen LogP contribution < -0.4 is 10.1 Å². The Labute approximate surface area is 117 Å². The monoisotopic (exact) mass is 268 g/mol. The van der Waals surface area contributed by atoms with Crippen LogP contribution in [0.1, 0.15) is 23.9 Å². The van der Waals surface area contributed by atoms with Gasteiger partial charge in [-0.1, -0.05) is 6.92 Å². The van der Waals surface area contributed by atoms with Crippen LogP contribution in [0.15, 0.2) is 30.3 Å². The summed E-state index contributed by atoms with van der Waals surface area (Å²) in [6.45, 7) is 2.09. The molecule has 102 valence electrons. The van der Waals surface area contributed by atoms with Crippen molar-refractivity contribution in [2.45, 2.75) is 13.3 Å². The number of carbonyl (C=O) groups excluding carboxylic acids is 1. The molecule has 20 heavy (non-hydrogen) atoms. The first kappa shape index (κ1) is 12.5. The zero-order valence-electron chi connectivity index (χ0n) is 11.5. The Hall–Kier alpha value is -2.49. The summed E-state index contributed by atoms with van der Waals surface area (Å²) in [7, 11) is 1.62. The molecule has 0 spiro atoms. The summed E-state index contributed by atoms with van der Waals surface area (Å²) in [6.07, 6.45) is 2.82. The fourth-order valence-electron chi connectivity index (χ4n) is 2.34. The van der Waals surface area contributed by atoms with Gasteiger partial charge in [-0.25, -0.2) is 0 Å². The summed E-state index contributed by atoms with van der Waals surface area (Å²) in [5.74, 6) is 0.660. The number of aryl methyl sites for hydroxylation is 1. The van der Waals surface area contributed by atoms with Crippen molar-refractivity contribution < 1.29 is 9.53 Å². The molecule has 0 saturated carbocycles. The maximum atomic E-state index is 12.1. The van der Waals surface area contributed by atoms with Crippen LogP contribution in [0.4, 0.5) is 5.69 Å². The van der Waals surface area contributed by atoms with Gasteiger partial charge in [-0.05, 0) is 42.8 Å². The smallest absolute Gasteiger partial charge is 0.256 e. The molecule has 0 aliphatic carbocycles. The lowest BCUT2D eigenvalue weighted by Gasteiger charge is -2.02. The summed E-state index contributed by atoms with van der Waals surface area (Å²) >= 11 is 0. The van der Waals surface area contributed by atoms with Crippen molar-refractivity contribution in [3.8, 4) is 5.75 Å². The fraction of sp³-hybridized carbons (Fsp3) is 0.188. The topological polar surface area (TPSA) is 54.1 Å². The highest BCUT2D eigenvalue weighted by Gasteiger charge is 2.24. The number of methoxy groups -OCH3 is 1. The van der Waals surface area contributed by atoms with E-state index in [1.54, 1.807) is 7.11 Å². The fourth-order valence-corrected chi connectivity index (χ4v) is 2.34. The molecular formula is C16H16N2O2. The first-order chi connectivity index (χ1) is 9.71. The number of carbonyl (C=O) groups is 1. The SMILES string of the molecule is CCc1ccc(/C=C2/C(=O)Nc3ccc(OC)cc32)[nH]1. The quantitative estimate of drug-likeness (QED) is 0.840. The molecule has 1 amide bonds. The number of hydrogen-bond donors (Lipinski definition) is 2. The van der Waals surface area contributed by atoms with Gasteiger partial charge in [0.1, 0.15) is 5.75 Å². The van der Waals surface area contributed by atoms with Gasteiger partial charge in [-0.3, -0.25) is 4.79 Å². The molecule has 4 nitrogen and oxygen atoms in total. The largest absolute Gasteiger partial charge is 0.497 e. The van der Waals surface area contributed by atoms with Gasteiger partial charge in [-0.2, -0.15) is 0 Å². The van der Waals surface area contributed by atoms with E-state index in [1.807, 2.05) is 36.4 Å². The lowest BCUT2D eigenvalue weighted by Crippen LogP contribution is -2.03. The van der Waals surface area contributed by atoms with E-state index in [1.165, 1.54) is 0 Å². The highest BCUT2D eigenvalue weighted by atomic mass is 16.5. The van der Waals surface area contributed by atoms with Crippen LogP contribution >= 0.6 is 0 Å². The number of hydrogen-bond acceptors (Lipinski definition) is 2. The van der Waals surface area contributed by atoms with Gasteiger partial charge in [0, 0.05) is 22.6 Å². The average molecular weight is 268 g/mol. The Morgan fingerprint density at radius 3 is 2.80 bits per heavy atom. The molecule has 0 fully saturated rings. The molecule has 0 unspecified atom stereocenters. The number of amides is 1. The van der Waals surface area contributed by atoms with E-state index >= 15 is 0 Å². The molecule has 2 heterocycles. The highest BCUT2D eigenvalue weighted by molar-refractivity contribution is 6.34. The number of aromatic amines is 1. The van der Waals surface area contributed by atoms with Crippen molar-refractivity contribution in [1.29, 1.82) is 0 Å². The standard InChI is InChI=1S/C16H16N2O2/c1-3-10-4-5-11(17-10)8-14-13-9-12(20-2)6-7-15(13)18-16(14)19/h4-9,17H,3H2,1-2H3,(H,18,19)/b14-8+. The van der Waals surface area contributed by atoms with Crippen molar-refractivity contribution in [2.24, 2.45) is 0 Å². The lowest BCUT2D eigenvalue weighted by atomic mass is 10.1. The Morgan fingerprint density at radius 2 is 2.10 bits per heavy atom. The van der Waals surface area contributed by atoms with Crippen molar-refractivity contribution in [3.63, 3.8) is 0 Å². The number of benzene rings is 1. The Bertz CT molecular complexity index is 698. The maximum absolute atomic E-state index is 12.1. The van der Waals surface area contributed by atoms with Crippen LogP contribution in [0.5, 0.6) is 5.75 Å². The zero-order valence-corrected chi connectivity index (χ0v) is 11.5. The summed E-state index contributed by atoms with van der Waals surface area (Å²) in [6, 6.07) is 9.59. The number of rotatable bonds is 3. The molecule has 0 saturated heterocycles. The predicted molar refractivity (Wildman–Crippen MR) is 79.7 cm³/mol. The van der Waals surface area contributed by atoms with E-state index in [9.17, 15) is 4.79 Å². The number of nitrogens with one attached hydrogen (secondary N) is 2. The minimum Gasteiger partial charge on any atom is -0.497 e. The van der Waals surface area contributed by atoms with Crippen molar-refractivity contribution in [1.82, 2.24) is 4.98 Å². The van der Waals surface area contributed by atoms with E-state index in [2.05, 4.69) is 17.2 Å². The minimum absolute atomic E-state index is 0.0825. The first-order valence-corrected chi connectivity index (χ1v) is 6.60. The molecule has 0 atom stereocenters. The molecule has 1 aromatic heterocycles. The van der Waals surface area contributed by atoms with Gasteiger partial charge in [0.2, 0.25) is 0 Å². The number of anilines is 1. The van der Waals surface area contributed by atoms with Crippen molar-refractivity contribution >= 4 is 23.2 Å². The van der Waals surface area contributed by atoms with Gasteiger partial charge in [-0.15, -0.1) is 0 Å². The second kappa shape index (κ2) is 4.89. The number of H-pyrrole nitrogens is 1. The molecular weight excluding hydrogens is 252 g/mol. The van der Waals surface area contributed by atoms with Crippen LogP contribution in [0.2, 0.25) is 0 Å². The van der Waals surface area contributed by atoms with E-state index in [0.29, 0.717) is 5.57 Å². The third-order valence-corrected chi connectivity index (χ3v) is 3.46. The third kappa shape index (κ3) is 2.09.